The topological polar surface area (TPSA) is 91.4 Å². The molecule has 11 heteroatoms. The first-order valence-electron chi connectivity index (χ1n) is 10.6. The molecule has 0 aliphatic carbocycles. The first-order valence-corrected chi connectivity index (χ1v) is 10.6. The molecule has 1 aromatic carbocycles. The number of nitrogens with zero attached hydrogens (tertiary/aromatic N) is 5. The van der Waals surface area contributed by atoms with Gasteiger partial charge in [-0.1, -0.05) is 0 Å². The van der Waals surface area contributed by atoms with Gasteiger partial charge in [-0.2, -0.15) is 5.10 Å². The number of H-pyrrole nitrogens is 1. The Kier molecular flexibility index (Phi) is 6.99. The number of nitrogens with one attached hydrogen (secondary N) is 2. The van der Waals surface area contributed by atoms with Gasteiger partial charge >= 0.3 is 0 Å². The summed E-state index contributed by atoms with van der Waals surface area (Å²) < 4.78 is 39.2. The summed E-state index contributed by atoms with van der Waals surface area (Å²) in [6.07, 6.45) is 2.85. The van der Waals surface area contributed by atoms with Gasteiger partial charge in [0.2, 0.25) is 5.95 Å². The lowest BCUT2D eigenvalue weighted by atomic mass is 10.1. The van der Waals surface area contributed by atoms with Gasteiger partial charge < -0.3 is 19.7 Å². The molecule has 0 spiro atoms. The molecule has 1 aliphatic heterocycles. The number of aromatic amines is 1. The fourth-order valence-corrected chi connectivity index (χ4v) is 3.56. The quantitative estimate of drug-likeness (QED) is 0.532. The van der Waals surface area contributed by atoms with Crippen LogP contribution in [0.25, 0.3) is 0 Å². The molecular formula is C22H27F2N7O2. The Labute approximate surface area is 190 Å². The Balaban J connectivity index is 1.33. The molecule has 0 saturated carbocycles. The van der Waals surface area contributed by atoms with E-state index in [2.05, 4.69) is 42.3 Å². The minimum atomic E-state index is -0.786. The van der Waals surface area contributed by atoms with Gasteiger partial charge in [0.15, 0.2) is 23.1 Å². The zero-order valence-electron chi connectivity index (χ0n) is 18.9. The van der Waals surface area contributed by atoms with E-state index in [1.165, 1.54) is 32.5 Å². The molecule has 33 heavy (non-hydrogen) atoms. The maximum Gasteiger partial charge on any atom is 0.228 e. The van der Waals surface area contributed by atoms with Crippen molar-refractivity contribution < 1.29 is 18.3 Å². The zero-order chi connectivity index (χ0) is 23.4. The fraction of sp³-hybridized carbons (Fsp3) is 0.409. The second-order valence-electron chi connectivity index (χ2n) is 8.02. The van der Waals surface area contributed by atoms with Crippen LogP contribution in [0.5, 0.6) is 11.5 Å². The van der Waals surface area contributed by atoms with Crippen LogP contribution in [-0.4, -0.2) is 70.3 Å². The van der Waals surface area contributed by atoms with Crippen molar-refractivity contribution in [1.29, 1.82) is 0 Å². The summed E-state index contributed by atoms with van der Waals surface area (Å²) in [5.74, 6) is -0.283. The normalized spacial score (nSPS) is 14.9. The number of aromatic nitrogens is 4. The molecule has 0 unspecified atom stereocenters. The average molecular weight is 460 g/mol. The van der Waals surface area contributed by atoms with Gasteiger partial charge in [0.1, 0.15) is 12.4 Å². The number of piperazine rings is 1. The molecule has 3 heterocycles. The highest BCUT2D eigenvalue weighted by Gasteiger charge is 2.18. The SMILES string of the molecule is COc1cc(C)c(F)c(COc2cnc(Nc3cc(CN4CCN(C)CC4)[nH]n3)nc2)c1F. The van der Waals surface area contributed by atoms with Gasteiger partial charge in [0.25, 0.3) is 0 Å². The highest BCUT2D eigenvalue weighted by atomic mass is 19.1. The third-order valence-corrected chi connectivity index (χ3v) is 5.53. The maximum absolute atomic E-state index is 14.4. The first kappa shape index (κ1) is 22.9. The molecule has 9 nitrogen and oxygen atoms in total. The van der Waals surface area contributed by atoms with Crippen LogP contribution in [0.1, 0.15) is 16.8 Å². The summed E-state index contributed by atoms with van der Waals surface area (Å²) in [5, 5.41) is 10.3. The number of hydrogen-bond acceptors (Lipinski definition) is 8. The maximum atomic E-state index is 14.4. The largest absolute Gasteiger partial charge is 0.494 e. The van der Waals surface area contributed by atoms with Crippen LogP contribution in [0.15, 0.2) is 24.5 Å². The predicted octanol–water partition coefficient (Wildman–Crippen LogP) is 2.86. The van der Waals surface area contributed by atoms with Crippen LogP contribution >= 0.6 is 0 Å². The summed E-state index contributed by atoms with van der Waals surface area (Å²) >= 11 is 0. The summed E-state index contributed by atoms with van der Waals surface area (Å²) in [6, 6.07) is 3.23. The standard InChI is InChI=1S/C22H27F2N7O2/c1-14-8-18(32-3)21(24)17(20(14)23)13-33-16-10-25-22(26-11-16)27-19-9-15(28-29-19)12-31-6-4-30(2)5-7-31/h8-11H,4-7,12-13H2,1-3H3,(H2,25,26,27,28,29). The number of hydrogen-bond donors (Lipinski definition) is 2. The van der Waals surface area contributed by atoms with Gasteiger partial charge in [0, 0.05) is 38.8 Å². The van der Waals surface area contributed by atoms with Crippen molar-refractivity contribution in [1.82, 2.24) is 30.0 Å². The minimum Gasteiger partial charge on any atom is -0.494 e. The molecule has 1 aliphatic rings. The zero-order valence-corrected chi connectivity index (χ0v) is 18.9. The van der Waals surface area contributed by atoms with E-state index < -0.39 is 11.6 Å². The molecule has 2 aromatic heterocycles. The van der Waals surface area contributed by atoms with E-state index in [1.807, 2.05) is 6.07 Å². The van der Waals surface area contributed by atoms with E-state index in [0.29, 0.717) is 11.8 Å². The van der Waals surface area contributed by atoms with Gasteiger partial charge in [-0.05, 0) is 25.6 Å². The van der Waals surface area contributed by atoms with E-state index >= 15 is 0 Å². The lowest BCUT2D eigenvalue weighted by Gasteiger charge is -2.31. The van der Waals surface area contributed by atoms with Crippen LogP contribution in [0, 0.1) is 18.6 Å². The van der Waals surface area contributed by atoms with Crippen LogP contribution in [-0.2, 0) is 13.2 Å². The fourth-order valence-electron chi connectivity index (χ4n) is 3.56. The van der Waals surface area contributed by atoms with E-state index in [4.69, 9.17) is 9.47 Å². The van der Waals surface area contributed by atoms with Gasteiger partial charge in [0.05, 0.1) is 30.8 Å². The molecule has 3 aromatic rings. The van der Waals surface area contributed by atoms with Crippen molar-refractivity contribution in [3.8, 4) is 11.5 Å². The third-order valence-electron chi connectivity index (χ3n) is 5.53. The molecule has 1 fully saturated rings. The van der Waals surface area contributed by atoms with Crippen LogP contribution in [0.4, 0.5) is 20.5 Å². The third kappa shape index (κ3) is 5.55. The summed E-state index contributed by atoms with van der Waals surface area (Å²) in [4.78, 5) is 13.1. The summed E-state index contributed by atoms with van der Waals surface area (Å²) in [5.41, 5.74) is 1.06. The van der Waals surface area contributed by atoms with Gasteiger partial charge in [-0.25, -0.2) is 18.7 Å². The second-order valence-corrected chi connectivity index (χ2v) is 8.02. The predicted molar refractivity (Wildman–Crippen MR) is 119 cm³/mol. The first-order chi connectivity index (χ1) is 15.9. The number of anilines is 2. The highest BCUT2D eigenvalue weighted by Crippen LogP contribution is 2.27. The Morgan fingerprint density at radius 1 is 1.09 bits per heavy atom. The molecule has 0 bridgehead atoms. The Bertz CT molecular complexity index is 1080. The molecule has 0 amide bonds. The smallest absolute Gasteiger partial charge is 0.228 e. The molecular weight excluding hydrogens is 432 g/mol. The van der Waals surface area contributed by atoms with Crippen LogP contribution < -0.4 is 14.8 Å². The lowest BCUT2D eigenvalue weighted by molar-refractivity contribution is 0.147. The number of ether oxygens (including phenoxy) is 2. The number of rotatable bonds is 8. The second kappa shape index (κ2) is 10.1. The number of halogens is 2. The van der Waals surface area contributed by atoms with Crippen LogP contribution in [0.3, 0.4) is 0 Å². The number of likely N-dealkylation sites (N-methyl/N-ethyl adjacent to an activating group) is 1. The molecule has 2 N–H and O–H groups in total. The van der Waals surface area contributed by atoms with E-state index in [9.17, 15) is 8.78 Å². The van der Waals surface area contributed by atoms with Crippen molar-refractivity contribution >= 4 is 11.8 Å². The Morgan fingerprint density at radius 2 is 1.82 bits per heavy atom. The monoisotopic (exact) mass is 459 g/mol. The molecule has 0 atom stereocenters. The van der Waals surface area contributed by atoms with Crippen molar-refractivity contribution in [3.05, 3.63) is 53.0 Å². The Hall–Kier alpha value is -3.31. The summed E-state index contributed by atoms with van der Waals surface area (Å²) in [7, 11) is 3.46. The number of benzene rings is 1. The van der Waals surface area contributed by atoms with Gasteiger partial charge in [-0.3, -0.25) is 10.00 Å². The van der Waals surface area contributed by atoms with E-state index in [0.717, 1.165) is 38.4 Å². The number of methoxy groups -OCH3 is 1. The lowest BCUT2D eigenvalue weighted by Crippen LogP contribution is -2.43. The molecule has 4 rings (SSSR count). The van der Waals surface area contributed by atoms with E-state index in [1.54, 1.807) is 0 Å². The van der Waals surface area contributed by atoms with Crippen molar-refractivity contribution in [2.45, 2.75) is 20.1 Å². The van der Waals surface area contributed by atoms with Crippen molar-refractivity contribution in [3.63, 3.8) is 0 Å². The number of aryl methyl sites for hydroxylation is 1. The summed E-state index contributed by atoms with van der Waals surface area (Å²) in [6.45, 7) is 6.16. The van der Waals surface area contributed by atoms with Crippen LogP contribution in [0.2, 0.25) is 0 Å². The average Bonchev–Trinajstić information content (AvgIpc) is 3.25. The molecule has 176 valence electrons. The van der Waals surface area contributed by atoms with Crippen molar-refractivity contribution in [2.24, 2.45) is 0 Å². The Morgan fingerprint density at radius 3 is 2.52 bits per heavy atom. The molecule has 0 radical (unpaired) electrons. The molecule has 1 saturated heterocycles. The van der Waals surface area contributed by atoms with Gasteiger partial charge in [-0.15, -0.1) is 0 Å². The van der Waals surface area contributed by atoms with Crippen molar-refractivity contribution in [2.75, 3.05) is 45.7 Å². The minimum absolute atomic E-state index is 0.0331. The highest BCUT2D eigenvalue weighted by molar-refractivity contribution is 5.48. The van der Waals surface area contributed by atoms with E-state index in [-0.39, 0.29) is 29.2 Å².